The molecule has 0 aliphatic rings. The van der Waals surface area contributed by atoms with Gasteiger partial charge in [-0.15, -0.1) is 0 Å². The topological polar surface area (TPSA) is 17.1 Å². The van der Waals surface area contributed by atoms with E-state index in [2.05, 4.69) is 12.6 Å². The van der Waals surface area contributed by atoms with Gasteiger partial charge in [0.2, 0.25) is 0 Å². The quantitative estimate of drug-likeness (QED) is 0.558. The normalized spacial score (nSPS) is 9.83. The van der Waals surface area contributed by atoms with Crippen molar-refractivity contribution in [1.82, 2.24) is 0 Å². The zero-order valence-corrected chi connectivity index (χ0v) is 7.97. The van der Waals surface area contributed by atoms with Gasteiger partial charge in [-0.05, 0) is 24.7 Å². The third-order valence-corrected chi connectivity index (χ3v) is 2.00. The van der Waals surface area contributed by atoms with E-state index in [1.807, 2.05) is 24.3 Å². The first-order chi connectivity index (χ1) is 5.75. The molecule has 0 heterocycles. The largest absolute Gasteiger partial charge is 0.295 e. The summed E-state index contributed by atoms with van der Waals surface area (Å²) in [5.74, 6) is 0.914. The lowest BCUT2D eigenvalue weighted by Gasteiger charge is -2.03. The number of aryl methyl sites for hydroxylation is 1. The van der Waals surface area contributed by atoms with Gasteiger partial charge in [-0.1, -0.05) is 24.3 Å². The molecule has 0 aliphatic carbocycles. The molecule has 0 fully saturated rings. The number of ketones is 1. The van der Waals surface area contributed by atoms with Crippen LogP contribution in [0.4, 0.5) is 0 Å². The zero-order valence-electron chi connectivity index (χ0n) is 7.08. The summed E-state index contributed by atoms with van der Waals surface area (Å²) in [7, 11) is 0. The summed E-state index contributed by atoms with van der Waals surface area (Å²) in [4.78, 5) is 11.1. The summed E-state index contributed by atoms with van der Waals surface area (Å²) in [6.07, 6.45) is 0.860. The van der Waals surface area contributed by atoms with E-state index in [1.165, 1.54) is 0 Å². The molecule has 0 saturated heterocycles. The number of thiol groups is 1. The maximum Gasteiger partial charge on any atom is 0.160 e. The monoisotopic (exact) mass is 180 g/mol. The van der Waals surface area contributed by atoms with Crippen LogP contribution in [0, 0.1) is 0 Å². The fourth-order valence-electron chi connectivity index (χ4n) is 1.20. The van der Waals surface area contributed by atoms with E-state index >= 15 is 0 Å². The van der Waals surface area contributed by atoms with Gasteiger partial charge in [-0.3, -0.25) is 4.79 Å². The number of benzene rings is 1. The van der Waals surface area contributed by atoms with Crippen LogP contribution >= 0.6 is 12.6 Å². The fraction of sp³-hybridized carbons (Fsp3) is 0.300. The van der Waals surface area contributed by atoms with Crippen LogP contribution in [0.3, 0.4) is 0 Å². The SMILES string of the molecule is CC(=O)c1ccccc1CCS. The van der Waals surface area contributed by atoms with Gasteiger partial charge in [0.05, 0.1) is 0 Å². The van der Waals surface area contributed by atoms with Crippen molar-refractivity contribution >= 4 is 18.4 Å². The lowest BCUT2D eigenvalue weighted by Crippen LogP contribution is -1.99. The molecule has 12 heavy (non-hydrogen) atoms. The Hall–Kier alpha value is -0.760. The standard InChI is InChI=1S/C10H12OS/c1-8(11)10-5-3-2-4-9(10)6-7-12/h2-5,12H,6-7H2,1H3. The van der Waals surface area contributed by atoms with E-state index in [0.29, 0.717) is 0 Å². The Morgan fingerprint density at radius 2 is 2.08 bits per heavy atom. The van der Waals surface area contributed by atoms with Gasteiger partial charge in [0.25, 0.3) is 0 Å². The van der Waals surface area contributed by atoms with Crippen LogP contribution < -0.4 is 0 Å². The average Bonchev–Trinajstić information content (AvgIpc) is 2.05. The van der Waals surface area contributed by atoms with E-state index in [0.717, 1.165) is 23.3 Å². The van der Waals surface area contributed by atoms with Crippen LogP contribution in [0.15, 0.2) is 24.3 Å². The molecule has 0 spiro atoms. The molecule has 0 amide bonds. The molecule has 0 radical (unpaired) electrons. The van der Waals surface area contributed by atoms with Crippen molar-refractivity contribution in [3.8, 4) is 0 Å². The smallest absolute Gasteiger partial charge is 0.160 e. The third-order valence-electron chi connectivity index (χ3n) is 1.78. The van der Waals surface area contributed by atoms with Gasteiger partial charge < -0.3 is 0 Å². The average molecular weight is 180 g/mol. The maximum absolute atomic E-state index is 11.1. The van der Waals surface area contributed by atoms with Gasteiger partial charge in [0, 0.05) is 5.56 Å². The van der Waals surface area contributed by atoms with Crippen molar-refractivity contribution in [2.75, 3.05) is 5.75 Å². The van der Waals surface area contributed by atoms with Gasteiger partial charge in [-0.25, -0.2) is 0 Å². The summed E-state index contributed by atoms with van der Waals surface area (Å²) < 4.78 is 0. The minimum absolute atomic E-state index is 0.132. The molecule has 0 saturated carbocycles. The molecule has 0 aromatic heterocycles. The van der Waals surface area contributed by atoms with Gasteiger partial charge in [0.15, 0.2) is 5.78 Å². The fourth-order valence-corrected chi connectivity index (χ4v) is 1.44. The molecule has 0 unspecified atom stereocenters. The molecule has 64 valence electrons. The summed E-state index contributed by atoms with van der Waals surface area (Å²) in [6.45, 7) is 1.59. The second-order valence-electron chi connectivity index (χ2n) is 2.69. The first kappa shape index (κ1) is 9.33. The molecule has 0 N–H and O–H groups in total. The number of hydrogen-bond donors (Lipinski definition) is 1. The number of carbonyl (C=O) groups is 1. The summed E-state index contributed by atoms with van der Waals surface area (Å²) in [5, 5.41) is 0. The highest BCUT2D eigenvalue weighted by atomic mass is 32.1. The highest BCUT2D eigenvalue weighted by Crippen LogP contribution is 2.10. The molecule has 2 heteroatoms. The maximum atomic E-state index is 11.1. The Labute approximate surface area is 78.2 Å². The molecular weight excluding hydrogens is 168 g/mol. The van der Waals surface area contributed by atoms with Crippen LogP contribution in [0.25, 0.3) is 0 Å². The molecular formula is C10H12OS. The van der Waals surface area contributed by atoms with Crippen molar-refractivity contribution < 1.29 is 4.79 Å². The molecule has 1 rings (SSSR count). The molecule has 1 aromatic rings. The Bertz CT molecular complexity index is 281. The van der Waals surface area contributed by atoms with Crippen molar-refractivity contribution in [2.45, 2.75) is 13.3 Å². The highest BCUT2D eigenvalue weighted by Gasteiger charge is 2.03. The molecule has 1 nitrogen and oxygen atoms in total. The third kappa shape index (κ3) is 2.11. The summed E-state index contributed by atoms with van der Waals surface area (Å²) in [6, 6.07) is 7.68. The highest BCUT2D eigenvalue weighted by molar-refractivity contribution is 7.80. The Morgan fingerprint density at radius 1 is 1.42 bits per heavy atom. The Morgan fingerprint density at radius 3 is 2.67 bits per heavy atom. The van der Waals surface area contributed by atoms with Crippen molar-refractivity contribution in [2.24, 2.45) is 0 Å². The minimum atomic E-state index is 0.132. The summed E-state index contributed by atoms with van der Waals surface area (Å²) >= 11 is 4.14. The lowest BCUT2D eigenvalue weighted by molar-refractivity contribution is 0.101. The number of hydrogen-bond acceptors (Lipinski definition) is 2. The van der Waals surface area contributed by atoms with E-state index in [4.69, 9.17) is 0 Å². The molecule has 0 atom stereocenters. The van der Waals surface area contributed by atoms with Crippen molar-refractivity contribution in [3.05, 3.63) is 35.4 Å². The second-order valence-corrected chi connectivity index (χ2v) is 3.13. The predicted molar refractivity (Wildman–Crippen MR) is 54.0 cm³/mol. The van der Waals surface area contributed by atoms with Gasteiger partial charge in [-0.2, -0.15) is 12.6 Å². The molecule has 0 aliphatic heterocycles. The van der Waals surface area contributed by atoms with Crippen LogP contribution in [0.1, 0.15) is 22.8 Å². The molecule has 0 bridgehead atoms. The Kier molecular flexibility index (Phi) is 3.35. The lowest BCUT2D eigenvalue weighted by atomic mass is 10.0. The van der Waals surface area contributed by atoms with Crippen molar-refractivity contribution in [1.29, 1.82) is 0 Å². The van der Waals surface area contributed by atoms with Gasteiger partial charge in [0.1, 0.15) is 0 Å². The van der Waals surface area contributed by atoms with Crippen LogP contribution in [-0.4, -0.2) is 11.5 Å². The Balaban J connectivity index is 3.00. The predicted octanol–water partition coefficient (Wildman–Crippen LogP) is 2.36. The second kappa shape index (κ2) is 4.31. The van der Waals surface area contributed by atoms with Gasteiger partial charge >= 0.3 is 0 Å². The van der Waals surface area contributed by atoms with Crippen LogP contribution in [0.5, 0.6) is 0 Å². The number of rotatable bonds is 3. The van der Waals surface area contributed by atoms with E-state index in [1.54, 1.807) is 6.92 Å². The van der Waals surface area contributed by atoms with Crippen LogP contribution in [-0.2, 0) is 6.42 Å². The number of carbonyl (C=O) groups excluding carboxylic acids is 1. The van der Waals surface area contributed by atoms with Crippen molar-refractivity contribution in [3.63, 3.8) is 0 Å². The van der Waals surface area contributed by atoms with Crippen LogP contribution in [0.2, 0.25) is 0 Å². The zero-order chi connectivity index (χ0) is 8.97. The van der Waals surface area contributed by atoms with E-state index in [9.17, 15) is 4.79 Å². The minimum Gasteiger partial charge on any atom is -0.295 e. The number of Topliss-reactive ketones (excluding diaryl/α,β-unsaturated/α-hetero) is 1. The van der Waals surface area contributed by atoms with E-state index in [-0.39, 0.29) is 5.78 Å². The van der Waals surface area contributed by atoms with E-state index < -0.39 is 0 Å². The first-order valence-corrected chi connectivity index (χ1v) is 4.58. The summed E-state index contributed by atoms with van der Waals surface area (Å²) in [5.41, 5.74) is 1.92. The molecule has 1 aromatic carbocycles. The first-order valence-electron chi connectivity index (χ1n) is 3.95.